The number of nitro benzene ring substituents is 1. The summed E-state index contributed by atoms with van der Waals surface area (Å²) in [5.41, 5.74) is 0.742. The molecule has 0 heterocycles. The standard InChI is InChI=1S/C16H15ClN2O5/c1-23-13-4-2-3-11(7-13)9-18-16(20)10-24-15-6-5-12(19(21)22)8-14(15)17/h2-8H,9-10H2,1H3,(H,18,20). The van der Waals surface area contributed by atoms with Gasteiger partial charge in [0.2, 0.25) is 0 Å². The van der Waals surface area contributed by atoms with Crippen LogP contribution in [0.3, 0.4) is 0 Å². The first-order chi connectivity index (χ1) is 11.5. The Morgan fingerprint density at radius 3 is 2.75 bits per heavy atom. The number of nitro groups is 1. The Hall–Kier alpha value is -2.80. The van der Waals surface area contributed by atoms with Crippen LogP contribution in [0.4, 0.5) is 5.69 Å². The highest BCUT2D eigenvalue weighted by molar-refractivity contribution is 6.32. The number of nitrogens with one attached hydrogen (secondary N) is 1. The van der Waals surface area contributed by atoms with E-state index in [0.29, 0.717) is 12.3 Å². The molecule has 1 N–H and O–H groups in total. The summed E-state index contributed by atoms with van der Waals surface area (Å²) in [6.45, 7) is 0.0783. The summed E-state index contributed by atoms with van der Waals surface area (Å²) in [6, 6.07) is 11.1. The van der Waals surface area contributed by atoms with Gasteiger partial charge in [-0.3, -0.25) is 14.9 Å². The van der Waals surface area contributed by atoms with Gasteiger partial charge in [0.15, 0.2) is 6.61 Å². The fraction of sp³-hybridized carbons (Fsp3) is 0.188. The molecule has 0 unspecified atom stereocenters. The van der Waals surface area contributed by atoms with Crippen molar-refractivity contribution < 1.29 is 19.2 Å². The van der Waals surface area contributed by atoms with Crippen molar-refractivity contribution in [3.63, 3.8) is 0 Å². The maximum Gasteiger partial charge on any atom is 0.271 e. The fourth-order valence-electron chi connectivity index (χ4n) is 1.90. The van der Waals surface area contributed by atoms with Gasteiger partial charge in [-0.1, -0.05) is 23.7 Å². The van der Waals surface area contributed by atoms with Crippen molar-refractivity contribution in [2.45, 2.75) is 6.54 Å². The zero-order valence-electron chi connectivity index (χ0n) is 12.8. The lowest BCUT2D eigenvalue weighted by atomic mass is 10.2. The lowest BCUT2D eigenvalue weighted by Crippen LogP contribution is -2.28. The summed E-state index contributed by atoms with van der Waals surface area (Å²) in [4.78, 5) is 21.9. The third-order valence-electron chi connectivity index (χ3n) is 3.11. The molecule has 0 radical (unpaired) electrons. The molecule has 0 fully saturated rings. The third-order valence-corrected chi connectivity index (χ3v) is 3.40. The predicted molar refractivity (Wildman–Crippen MR) is 88.4 cm³/mol. The number of carbonyl (C=O) groups is 1. The van der Waals surface area contributed by atoms with Gasteiger partial charge in [-0.15, -0.1) is 0 Å². The summed E-state index contributed by atoms with van der Waals surface area (Å²) in [5, 5.41) is 13.4. The van der Waals surface area contributed by atoms with Crippen molar-refractivity contribution in [3.8, 4) is 11.5 Å². The Kier molecular flexibility index (Phi) is 5.97. The molecule has 0 aromatic heterocycles. The van der Waals surface area contributed by atoms with Crippen LogP contribution in [0.2, 0.25) is 5.02 Å². The smallest absolute Gasteiger partial charge is 0.271 e. The van der Waals surface area contributed by atoms with Crippen LogP contribution >= 0.6 is 11.6 Å². The van der Waals surface area contributed by atoms with Crippen LogP contribution in [-0.2, 0) is 11.3 Å². The molecule has 24 heavy (non-hydrogen) atoms. The second-order valence-corrected chi connectivity index (χ2v) is 5.20. The van der Waals surface area contributed by atoms with Crippen LogP contribution < -0.4 is 14.8 Å². The van der Waals surface area contributed by atoms with E-state index in [4.69, 9.17) is 21.1 Å². The van der Waals surface area contributed by atoms with Crippen molar-refractivity contribution in [2.24, 2.45) is 0 Å². The minimum absolute atomic E-state index is 0.0739. The second-order valence-electron chi connectivity index (χ2n) is 4.79. The van der Waals surface area contributed by atoms with E-state index in [1.165, 1.54) is 18.2 Å². The first-order valence-electron chi connectivity index (χ1n) is 6.96. The molecule has 0 saturated carbocycles. The van der Waals surface area contributed by atoms with E-state index < -0.39 is 4.92 Å². The minimum atomic E-state index is -0.559. The van der Waals surface area contributed by atoms with Crippen molar-refractivity contribution in [1.82, 2.24) is 5.32 Å². The van der Waals surface area contributed by atoms with Crippen LogP contribution in [0.15, 0.2) is 42.5 Å². The summed E-state index contributed by atoms with van der Waals surface area (Å²) < 4.78 is 10.4. The average molecular weight is 351 g/mol. The average Bonchev–Trinajstić information content (AvgIpc) is 2.58. The van der Waals surface area contributed by atoms with E-state index in [9.17, 15) is 14.9 Å². The van der Waals surface area contributed by atoms with Crippen molar-refractivity contribution >= 4 is 23.2 Å². The van der Waals surface area contributed by atoms with Gasteiger partial charge in [0.05, 0.1) is 17.1 Å². The van der Waals surface area contributed by atoms with E-state index in [-0.39, 0.29) is 29.0 Å². The van der Waals surface area contributed by atoms with E-state index in [2.05, 4.69) is 5.32 Å². The van der Waals surface area contributed by atoms with Gasteiger partial charge in [0, 0.05) is 18.7 Å². The van der Waals surface area contributed by atoms with Crippen LogP contribution in [0.1, 0.15) is 5.56 Å². The van der Waals surface area contributed by atoms with E-state index in [1.807, 2.05) is 24.3 Å². The number of hydrogen-bond acceptors (Lipinski definition) is 5. The van der Waals surface area contributed by atoms with E-state index in [0.717, 1.165) is 5.56 Å². The normalized spacial score (nSPS) is 10.1. The van der Waals surface area contributed by atoms with Crippen LogP contribution in [0.25, 0.3) is 0 Å². The molecule has 0 aliphatic carbocycles. The molecule has 126 valence electrons. The van der Waals surface area contributed by atoms with Crippen LogP contribution in [0, 0.1) is 10.1 Å². The summed E-state index contributed by atoms with van der Waals surface area (Å²) in [6.07, 6.45) is 0. The first kappa shape index (κ1) is 17.6. The van der Waals surface area contributed by atoms with E-state index in [1.54, 1.807) is 7.11 Å². The number of nitrogens with zero attached hydrogens (tertiary/aromatic N) is 1. The Morgan fingerprint density at radius 2 is 2.08 bits per heavy atom. The van der Waals surface area contributed by atoms with Gasteiger partial charge >= 0.3 is 0 Å². The lowest BCUT2D eigenvalue weighted by Gasteiger charge is -2.09. The fourth-order valence-corrected chi connectivity index (χ4v) is 2.13. The van der Waals surface area contributed by atoms with Crippen LogP contribution in [0.5, 0.6) is 11.5 Å². The molecule has 0 aliphatic rings. The molecule has 8 heteroatoms. The molecular weight excluding hydrogens is 336 g/mol. The highest BCUT2D eigenvalue weighted by atomic mass is 35.5. The van der Waals surface area contributed by atoms with Crippen molar-refractivity contribution in [2.75, 3.05) is 13.7 Å². The van der Waals surface area contributed by atoms with Crippen molar-refractivity contribution in [3.05, 3.63) is 63.2 Å². The number of methoxy groups -OCH3 is 1. The van der Waals surface area contributed by atoms with E-state index >= 15 is 0 Å². The molecule has 0 saturated heterocycles. The summed E-state index contributed by atoms with van der Waals surface area (Å²) >= 11 is 5.89. The zero-order chi connectivity index (χ0) is 17.5. The summed E-state index contributed by atoms with van der Waals surface area (Å²) in [5.74, 6) is 0.571. The number of halogens is 1. The second kappa shape index (κ2) is 8.16. The third kappa shape index (κ3) is 4.85. The number of ether oxygens (including phenoxy) is 2. The SMILES string of the molecule is COc1cccc(CNC(=O)COc2ccc([N+](=O)[O-])cc2Cl)c1. The predicted octanol–water partition coefficient (Wildman–Crippen LogP) is 2.95. The van der Waals surface area contributed by atoms with Crippen molar-refractivity contribution in [1.29, 1.82) is 0 Å². The maximum absolute atomic E-state index is 11.8. The Labute approximate surface area is 143 Å². The monoisotopic (exact) mass is 350 g/mol. The first-order valence-corrected chi connectivity index (χ1v) is 7.34. The quantitative estimate of drug-likeness (QED) is 0.612. The number of rotatable bonds is 7. The minimum Gasteiger partial charge on any atom is -0.497 e. The molecular formula is C16H15ClN2O5. The maximum atomic E-state index is 11.8. The molecule has 2 aromatic rings. The largest absolute Gasteiger partial charge is 0.497 e. The Morgan fingerprint density at radius 1 is 1.29 bits per heavy atom. The Balaban J connectivity index is 1.86. The molecule has 2 aromatic carbocycles. The van der Waals surface area contributed by atoms with Gasteiger partial charge in [-0.05, 0) is 23.8 Å². The number of non-ortho nitro benzene ring substituents is 1. The number of carbonyl (C=O) groups excluding carboxylic acids is 1. The molecule has 0 bridgehead atoms. The van der Waals surface area contributed by atoms with Crippen LogP contribution in [-0.4, -0.2) is 24.5 Å². The van der Waals surface area contributed by atoms with Gasteiger partial charge in [0.1, 0.15) is 11.5 Å². The molecule has 0 atom stereocenters. The zero-order valence-corrected chi connectivity index (χ0v) is 13.6. The molecule has 1 amide bonds. The molecule has 0 aliphatic heterocycles. The highest BCUT2D eigenvalue weighted by Gasteiger charge is 2.11. The van der Waals surface area contributed by atoms with Gasteiger partial charge in [0.25, 0.3) is 11.6 Å². The number of hydrogen-bond donors (Lipinski definition) is 1. The lowest BCUT2D eigenvalue weighted by molar-refractivity contribution is -0.384. The van der Waals surface area contributed by atoms with Gasteiger partial charge in [-0.2, -0.15) is 0 Å². The molecule has 7 nitrogen and oxygen atoms in total. The number of amides is 1. The summed E-state index contributed by atoms with van der Waals surface area (Å²) in [7, 11) is 1.57. The van der Waals surface area contributed by atoms with Gasteiger partial charge in [-0.25, -0.2) is 0 Å². The molecule has 0 spiro atoms. The Bertz CT molecular complexity index is 751. The number of benzene rings is 2. The molecule has 2 rings (SSSR count). The highest BCUT2D eigenvalue weighted by Crippen LogP contribution is 2.28. The van der Waals surface area contributed by atoms with Gasteiger partial charge < -0.3 is 14.8 Å². The topological polar surface area (TPSA) is 90.7 Å².